The molecule has 0 radical (unpaired) electrons. The second-order valence-corrected chi connectivity index (χ2v) is 6.93. The van der Waals surface area contributed by atoms with Crippen LogP contribution in [0.4, 0.5) is 0 Å². The van der Waals surface area contributed by atoms with Gasteiger partial charge in [-0.3, -0.25) is 4.99 Å². The van der Waals surface area contributed by atoms with Crippen molar-refractivity contribution in [3.05, 3.63) is 29.8 Å². The molecule has 0 aromatic heterocycles. The number of thioether (sulfide) groups is 1. The SMILES string of the molecule is CN=C(NCCCOCC1CC1)N(C)Cc1ccc(SC)cc1. The minimum Gasteiger partial charge on any atom is -0.381 e. The molecule has 23 heavy (non-hydrogen) atoms. The second kappa shape index (κ2) is 9.83. The number of rotatable bonds is 9. The molecular formula is C18H29N3OS. The van der Waals surface area contributed by atoms with Crippen molar-refractivity contribution in [3.63, 3.8) is 0 Å². The first kappa shape index (κ1) is 18.1. The van der Waals surface area contributed by atoms with Gasteiger partial charge >= 0.3 is 0 Å². The van der Waals surface area contributed by atoms with Crippen LogP contribution in [0.3, 0.4) is 0 Å². The molecule has 1 aromatic rings. The van der Waals surface area contributed by atoms with Gasteiger partial charge in [-0.2, -0.15) is 0 Å². The van der Waals surface area contributed by atoms with Gasteiger partial charge < -0.3 is 15.0 Å². The monoisotopic (exact) mass is 335 g/mol. The van der Waals surface area contributed by atoms with E-state index in [4.69, 9.17) is 4.74 Å². The molecule has 0 saturated heterocycles. The van der Waals surface area contributed by atoms with Gasteiger partial charge in [-0.15, -0.1) is 11.8 Å². The van der Waals surface area contributed by atoms with E-state index < -0.39 is 0 Å². The molecule has 0 spiro atoms. The Morgan fingerprint density at radius 1 is 1.35 bits per heavy atom. The summed E-state index contributed by atoms with van der Waals surface area (Å²) in [5.41, 5.74) is 1.29. The van der Waals surface area contributed by atoms with Crippen LogP contribution in [0.25, 0.3) is 0 Å². The number of hydrogen-bond acceptors (Lipinski definition) is 3. The molecule has 2 rings (SSSR count). The van der Waals surface area contributed by atoms with Crippen molar-refractivity contribution in [1.82, 2.24) is 10.2 Å². The fourth-order valence-electron chi connectivity index (χ4n) is 2.37. The van der Waals surface area contributed by atoms with Crippen LogP contribution in [0.15, 0.2) is 34.2 Å². The highest BCUT2D eigenvalue weighted by molar-refractivity contribution is 7.98. The molecular weight excluding hydrogens is 306 g/mol. The Bertz CT molecular complexity index is 486. The Morgan fingerprint density at radius 2 is 2.09 bits per heavy atom. The standard InChI is InChI=1S/C18H29N3OS/c1-19-18(20-11-4-12-22-14-16-5-6-16)21(2)13-15-7-9-17(23-3)10-8-15/h7-10,16H,4-6,11-14H2,1-3H3,(H,19,20). The van der Waals surface area contributed by atoms with Crippen LogP contribution in [-0.4, -0.2) is 51.0 Å². The molecule has 0 bridgehead atoms. The lowest BCUT2D eigenvalue weighted by atomic mass is 10.2. The van der Waals surface area contributed by atoms with Crippen molar-refractivity contribution in [1.29, 1.82) is 0 Å². The second-order valence-electron chi connectivity index (χ2n) is 6.05. The van der Waals surface area contributed by atoms with E-state index in [1.165, 1.54) is 23.3 Å². The maximum Gasteiger partial charge on any atom is 0.193 e. The molecule has 0 atom stereocenters. The van der Waals surface area contributed by atoms with Crippen LogP contribution in [0.5, 0.6) is 0 Å². The van der Waals surface area contributed by atoms with Gasteiger partial charge in [0.05, 0.1) is 0 Å². The number of guanidine groups is 1. The van der Waals surface area contributed by atoms with E-state index in [1.54, 1.807) is 11.8 Å². The number of ether oxygens (including phenoxy) is 1. The summed E-state index contributed by atoms with van der Waals surface area (Å²) in [7, 11) is 3.90. The van der Waals surface area contributed by atoms with Crippen LogP contribution < -0.4 is 5.32 Å². The van der Waals surface area contributed by atoms with Crippen molar-refractivity contribution in [2.45, 2.75) is 30.7 Å². The van der Waals surface area contributed by atoms with Crippen molar-refractivity contribution >= 4 is 17.7 Å². The minimum absolute atomic E-state index is 0.834. The van der Waals surface area contributed by atoms with Gasteiger partial charge in [-0.1, -0.05) is 12.1 Å². The molecule has 0 amide bonds. The fourth-order valence-corrected chi connectivity index (χ4v) is 2.78. The number of benzene rings is 1. The molecule has 1 aromatic carbocycles. The quantitative estimate of drug-likeness (QED) is 0.325. The van der Waals surface area contributed by atoms with E-state index in [9.17, 15) is 0 Å². The zero-order chi connectivity index (χ0) is 16.5. The average Bonchev–Trinajstić information content (AvgIpc) is 3.39. The predicted octanol–water partition coefficient (Wildman–Crippen LogP) is 3.23. The number of aliphatic imine (C=N–C) groups is 1. The van der Waals surface area contributed by atoms with Crippen LogP contribution in [0.2, 0.25) is 0 Å². The third kappa shape index (κ3) is 6.83. The average molecular weight is 336 g/mol. The van der Waals surface area contributed by atoms with Crippen molar-refractivity contribution in [3.8, 4) is 0 Å². The maximum absolute atomic E-state index is 5.66. The lowest BCUT2D eigenvalue weighted by Gasteiger charge is -2.22. The molecule has 1 aliphatic carbocycles. The molecule has 128 valence electrons. The summed E-state index contributed by atoms with van der Waals surface area (Å²) in [6.45, 7) is 3.53. The zero-order valence-corrected chi connectivity index (χ0v) is 15.4. The van der Waals surface area contributed by atoms with E-state index in [2.05, 4.69) is 52.8 Å². The smallest absolute Gasteiger partial charge is 0.193 e. The third-order valence-corrected chi connectivity index (χ3v) is 4.69. The first-order valence-electron chi connectivity index (χ1n) is 8.35. The van der Waals surface area contributed by atoms with Crippen molar-refractivity contribution < 1.29 is 4.74 Å². The highest BCUT2D eigenvalue weighted by Crippen LogP contribution is 2.28. The molecule has 1 fully saturated rings. The lowest BCUT2D eigenvalue weighted by molar-refractivity contribution is 0.122. The highest BCUT2D eigenvalue weighted by Gasteiger charge is 2.20. The Kier molecular flexibility index (Phi) is 7.76. The number of hydrogen-bond donors (Lipinski definition) is 1. The zero-order valence-electron chi connectivity index (χ0n) is 14.5. The van der Waals surface area contributed by atoms with Gasteiger partial charge in [0.2, 0.25) is 0 Å². The van der Waals surface area contributed by atoms with E-state index in [1.807, 2.05) is 7.05 Å². The summed E-state index contributed by atoms with van der Waals surface area (Å²) < 4.78 is 5.66. The first-order valence-corrected chi connectivity index (χ1v) is 9.58. The molecule has 1 saturated carbocycles. The molecule has 1 aliphatic rings. The van der Waals surface area contributed by atoms with Gasteiger partial charge in [-0.05, 0) is 49.1 Å². The fraction of sp³-hybridized carbons (Fsp3) is 0.611. The number of nitrogens with one attached hydrogen (secondary N) is 1. The van der Waals surface area contributed by atoms with Crippen LogP contribution in [0, 0.1) is 5.92 Å². The van der Waals surface area contributed by atoms with Crippen LogP contribution in [-0.2, 0) is 11.3 Å². The summed E-state index contributed by atoms with van der Waals surface area (Å²) in [6, 6.07) is 8.70. The van der Waals surface area contributed by atoms with E-state index in [-0.39, 0.29) is 0 Å². The van der Waals surface area contributed by atoms with Crippen molar-refractivity contribution in [2.75, 3.05) is 40.1 Å². The highest BCUT2D eigenvalue weighted by atomic mass is 32.2. The summed E-state index contributed by atoms with van der Waals surface area (Å²) in [5.74, 6) is 1.78. The molecule has 4 nitrogen and oxygen atoms in total. The van der Waals surface area contributed by atoms with E-state index in [0.29, 0.717) is 0 Å². The van der Waals surface area contributed by atoms with Gasteiger partial charge in [0.25, 0.3) is 0 Å². The van der Waals surface area contributed by atoms with E-state index in [0.717, 1.165) is 44.6 Å². The summed E-state index contributed by atoms with van der Waals surface area (Å²) in [5, 5.41) is 3.41. The van der Waals surface area contributed by atoms with Gasteiger partial charge in [0, 0.05) is 45.3 Å². The molecule has 5 heteroatoms. The van der Waals surface area contributed by atoms with Gasteiger partial charge in [0.1, 0.15) is 0 Å². The topological polar surface area (TPSA) is 36.9 Å². The minimum atomic E-state index is 0.834. The predicted molar refractivity (Wildman–Crippen MR) is 99.2 cm³/mol. The molecule has 1 N–H and O–H groups in total. The Balaban J connectivity index is 1.66. The molecule has 0 aliphatic heterocycles. The summed E-state index contributed by atoms with van der Waals surface area (Å²) in [6.07, 6.45) is 5.82. The Morgan fingerprint density at radius 3 is 2.70 bits per heavy atom. The molecule has 0 unspecified atom stereocenters. The van der Waals surface area contributed by atoms with Crippen molar-refractivity contribution in [2.24, 2.45) is 10.9 Å². The van der Waals surface area contributed by atoms with Crippen LogP contribution in [0.1, 0.15) is 24.8 Å². The summed E-state index contributed by atoms with van der Waals surface area (Å²) in [4.78, 5) is 7.81. The van der Waals surface area contributed by atoms with E-state index >= 15 is 0 Å². The normalized spacial score (nSPS) is 14.8. The van der Waals surface area contributed by atoms with Gasteiger partial charge in [0.15, 0.2) is 5.96 Å². The Hall–Kier alpha value is -1.20. The number of nitrogens with zero attached hydrogens (tertiary/aromatic N) is 2. The third-order valence-electron chi connectivity index (χ3n) is 3.95. The lowest BCUT2D eigenvalue weighted by Crippen LogP contribution is -2.39. The Labute approximate surface area is 144 Å². The van der Waals surface area contributed by atoms with Crippen LogP contribution >= 0.6 is 11.8 Å². The molecule has 0 heterocycles. The largest absolute Gasteiger partial charge is 0.381 e. The first-order chi connectivity index (χ1) is 11.2. The summed E-state index contributed by atoms with van der Waals surface area (Å²) >= 11 is 1.77. The maximum atomic E-state index is 5.66. The van der Waals surface area contributed by atoms with Gasteiger partial charge in [-0.25, -0.2) is 0 Å².